The number of rotatable bonds is 3. The largest absolute Gasteiger partial charge is 0.393 e. The van der Waals surface area contributed by atoms with E-state index in [1.54, 1.807) is 0 Å². The van der Waals surface area contributed by atoms with Crippen molar-refractivity contribution in [3.63, 3.8) is 0 Å². The second-order valence-electron chi connectivity index (χ2n) is 5.52. The topological polar surface area (TPSA) is 55.0 Å². The van der Waals surface area contributed by atoms with Crippen LogP contribution in [0.5, 0.6) is 0 Å². The molecule has 1 aliphatic heterocycles. The third kappa shape index (κ3) is 3.27. The van der Waals surface area contributed by atoms with Crippen molar-refractivity contribution in [3.8, 4) is 0 Å². The van der Waals surface area contributed by atoms with Crippen LogP contribution in [0.2, 0.25) is 5.15 Å². The Balaban J connectivity index is 1.61. The van der Waals surface area contributed by atoms with Crippen molar-refractivity contribution in [1.29, 1.82) is 0 Å². The SMILES string of the molecule is Nc1c(Cl)ncnc1N1CCC(Cc2ccccc2)CC1. The van der Waals surface area contributed by atoms with E-state index in [2.05, 4.69) is 45.2 Å². The minimum atomic E-state index is 0.339. The maximum Gasteiger partial charge on any atom is 0.157 e. The summed E-state index contributed by atoms with van der Waals surface area (Å²) in [7, 11) is 0. The summed E-state index contributed by atoms with van der Waals surface area (Å²) in [6.07, 6.45) is 4.92. The molecule has 2 heterocycles. The van der Waals surface area contributed by atoms with Crippen LogP contribution in [0.3, 0.4) is 0 Å². The molecule has 21 heavy (non-hydrogen) atoms. The zero-order valence-corrected chi connectivity index (χ0v) is 12.6. The Hall–Kier alpha value is -1.81. The molecule has 0 saturated carbocycles. The summed E-state index contributed by atoms with van der Waals surface area (Å²) in [5.41, 5.74) is 7.88. The first-order chi connectivity index (χ1) is 10.2. The minimum absolute atomic E-state index is 0.339. The molecule has 0 atom stereocenters. The van der Waals surface area contributed by atoms with Crippen LogP contribution in [0.15, 0.2) is 36.7 Å². The lowest BCUT2D eigenvalue weighted by Crippen LogP contribution is -2.35. The maximum atomic E-state index is 5.97. The van der Waals surface area contributed by atoms with E-state index in [-0.39, 0.29) is 0 Å². The van der Waals surface area contributed by atoms with Gasteiger partial charge >= 0.3 is 0 Å². The lowest BCUT2D eigenvalue weighted by atomic mass is 9.90. The molecule has 0 unspecified atom stereocenters. The Kier molecular flexibility index (Phi) is 4.25. The molecular weight excluding hydrogens is 284 g/mol. The fourth-order valence-electron chi connectivity index (χ4n) is 2.91. The molecule has 0 amide bonds. The van der Waals surface area contributed by atoms with Gasteiger partial charge in [0.05, 0.1) is 0 Å². The van der Waals surface area contributed by atoms with E-state index in [0.717, 1.165) is 44.1 Å². The van der Waals surface area contributed by atoms with Gasteiger partial charge in [0, 0.05) is 13.1 Å². The van der Waals surface area contributed by atoms with Gasteiger partial charge in [-0.3, -0.25) is 0 Å². The number of benzene rings is 1. The second-order valence-corrected chi connectivity index (χ2v) is 5.88. The van der Waals surface area contributed by atoms with Crippen LogP contribution in [0, 0.1) is 5.92 Å². The van der Waals surface area contributed by atoms with Crippen LogP contribution in [0.4, 0.5) is 11.5 Å². The number of piperidine rings is 1. The van der Waals surface area contributed by atoms with Crippen molar-refractivity contribution < 1.29 is 0 Å². The van der Waals surface area contributed by atoms with Gasteiger partial charge in [0.15, 0.2) is 11.0 Å². The van der Waals surface area contributed by atoms with Gasteiger partial charge in [-0.2, -0.15) is 0 Å². The Bertz CT molecular complexity index is 594. The first-order valence-corrected chi connectivity index (χ1v) is 7.66. The lowest BCUT2D eigenvalue weighted by Gasteiger charge is -2.33. The molecule has 110 valence electrons. The number of nitrogens with zero attached hydrogens (tertiary/aromatic N) is 3. The molecule has 0 bridgehead atoms. The van der Waals surface area contributed by atoms with Crippen LogP contribution in [0.25, 0.3) is 0 Å². The van der Waals surface area contributed by atoms with Gasteiger partial charge in [0.2, 0.25) is 0 Å². The van der Waals surface area contributed by atoms with Crippen molar-refractivity contribution in [1.82, 2.24) is 9.97 Å². The van der Waals surface area contributed by atoms with E-state index in [1.165, 1.54) is 11.9 Å². The van der Waals surface area contributed by atoms with E-state index in [4.69, 9.17) is 17.3 Å². The predicted molar refractivity (Wildman–Crippen MR) is 86.5 cm³/mol. The average molecular weight is 303 g/mol. The molecule has 1 aromatic heterocycles. The Morgan fingerprint density at radius 3 is 2.57 bits per heavy atom. The number of halogens is 1. The number of nitrogen functional groups attached to an aromatic ring is 1. The highest BCUT2D eigenvalue weighted by molar-refractivity contribution is 6.32. The molecule has 0 spiro atoms. The number of anilines is 2. The fraction of sp³-hybridized carbons (Fsp3) is 0.375. The van der Waals surface area contributed by atoms with Gasteiger partial charge < -0.3 is 10.6 Å². The quantitative estimate of drug-likeness (QED) is 0.885. The number of nitrogens with two attached hydrogens (primary N) is 1. The van der Waals surface area contributed by atoms with E-state index >= 15 is 0 Å². The van der Waals surface area contributed by atoms with Crippen molar-refractivity contribution in [3.05, 3.63) is 47.4 Å². The third-order valence-corrected chi connectivity index (χ3v) is 4.40. The number of hydrogen-bond donors (Lipinski definition) is 1. The molecule has 1 aromatic carbocycles. The molecule has 1 aliphatic rings. The van der Waals surface area contributed by atoms with Crippen molar-refractivity contribution in [2.24, 2.45) is 5.92 Å². The summed E-state index contributed by atoms with van der Waals surface area (Å²) in [6, 6.07) is 10.7. The monoisotopic (exact) mass is 302 g/mol. The summed E-state index contributed by atoms with van der Waals surface area (Å²) >= 11 is 5.97. The van der Waals surface area contributed by atoms with Gasteiger partial charge in [0.25, 0.3) is 0 Å². The van der Waals surface area contributed by atoms with Gasteiger partial charge in [-0.05, 0) is 30.7 Å². The predicted octanol–water partition coefficient (Wildman–Crippen LogP) is 3.17. The first kappa shape index (κ1) is 14.1. The zero-order valence-electron chi connectivity index (χ0n) is 11.9. The van der Waals surface area contributed by atoms with Gasteiger partial charge in [-0.25, -0.2) is 9.97 Å². The summed E-state index contributed by atoms with van der Waals surface area (Å²) in [4.78, 5) is 10.4. The summed E-state index contributed by atoms with van der Waals surface area (Å²) < 4.78 is 0. The normalized spacial score (nSPS) is 16.1. The van der Waals surface area contributed by atoms with E-state index in [1.807, 2.05) is 0 Å². The Labute approximate surface area is 130 Å². The van der Waals surface area contributed by atoms with Crippen LogP contribution in [-0.2, 0) is 6.42 Å². The average Bonchev–Trinajstić information content (AvgIpc) is 2.52. The van der Waals surface area contributed by atoms with Crippen LogP contribution in [-0.4, -0.2) is 23.1 Å². The highest BCUT2D eigenvalue weighted by Gasteiger charge is 2.22. The van der Waals surface area contributed by atoms with Gasteiger partial charge in [-0.1, -0.05) is 41.9 Å². The smallest absolute Gasteiger partial charge is 0.157 e. The van der Waals surface area contributed by atoms with Crippen molar-refractivity contribution in [2.45, 2.75) is 19.3 Å². The summed E-state index contributed by atoms with van der Waals surface area (Å²) in [6.45, 7) is 1.93. The minimum Gasteiger partial charge on any atom is -0.393 e. The van der Waals surface area contributed by atoms with Crippen LogP contribution in [0.1, 0.15) is 18.4 Å². The highest BCUT2D eigenvalue weighted by Crippen LogP contribution is 2.30. The van der Waals surface area contributed by atoms with Gasteiger partial charge in [0.1, 0.15) is 12.0 Å². The standard InChI is InChI=1S/C16H19ClN4/c17-15-14(18)16(20-11-19-15)21-8-6-13(7-9-21)10-12-4-2-1-3-5-12/h1-5,11,13H,6-10,18H2. The molecule has 2 aromatic rings. The Morgan fingerprint density at radius 2 is 1.86 bits per heavy atom. The molecule has 5 heteroatoms. The second kappa shape index (κ2) is 6.31. The van der Waals surface area contributed by atoms with Crippen LogP contribution < -0.4 is 10.6 Å². The fourth-order valence-corrected chi connectivity index (χ4v) is 3.04. The number of aromatic nitrogens is 2. The van der Waals surface area contributed by atoms with Crippen LogP contribution >= 0.6 is 11.6 Å². The molecule has 1 saturated heterocycles. The molecule has 1 fully saturated rings. The molecule has 4 nitrogen and oxygen atoms in total. The molecular formula is C16H19ClN4. The first-order valence-electron chi connectivity index (χ1n) is 7.29. The summed E-state index contributed by atoms with van der Waals surface area (Å²) in [5, 5.41) is 0.339. The van der Waals surface area contributed by atoms with Crippen molar-refractivity contribution >= 4 is 23.1 Å². The maximum absolute atomic E-state index is 5.97. The zero-order chi connectivity index (χ0) is 14.7. The molecule has 0 radical (unpaired) electrons. The summed E-state index contributed by atoms with van der Waals surface area (Å²) in [5.74, 6) is 1.50. The van der Waals surface area contributed by atoms with Crippen molar-refractivity contribution in [2.75, 3.05) is 23.7 Å². The van der Waals surface area contributed by atoms with E-state index in [9.17, 15) is 0 Å². The number of hydrogen-bond acceptors (Lipinski definition) is 4. The molecule has 2 N–H and O–H groups in total. The van der Waals surface area contributed by atoms with Gasteiger partial charge in [-0.15, -0.1) is 0 Å². The van der Waals surface area contributed by atoms with E-state index < -0.39 is 0 Å². The highest BCUT2D eigenvalue weighted by atomic mass is 35.5. The molecule has 0 aliphatic carbocycles. The molecule has 3 rings (SSSR count). The Morgan fingerprint density at radius 1 is 1.14 bits per heavy atom. The lowest BCUT2D eigenvalue weighted by molar-refractivity contribution is 0.402. The third-order valence-electron chi connectivity index (χ3n) is 4.10. The van der Waals surface area contributed by atoms with E-state index in [0.29, 0.717) is 10.8 Å².